The van der Waals surface area contributed by atoms with Gasteiger partial charge in [0.05, 0.1) is 5.92 Å². The second-order valence-electron chi connectivity index (χ2n) is 7.34. The SMILES string of the molecule is C[C@H](c1ccc(C2=CCCC=C2)cc1)C(O)(O)NC(=O)OC(C)(C)C. The molecule has 5 nitrogen and oxygen atoms in total. The van der Waals surface area contributed by atoms with Gasteiger partial charge in [-0.1, -0.05) is 49.4 Å². The first-order chi connectivity index (χ1) is 11.6. The van der Waals surface area contributed by atoms with Gasteiger partial charge in [-0.05, 0) is 50.3 Å². The number of benzene rings is 1. The van der Waals surface area contributed by atoms with Crippen molar-refractivity contribution in [2.24, 2.45) is 0 Å². The maximum Gasteiger partial charge on any atom is 0.411 e. The first-order valence-corrected chi connectivity index (χ1v) is 8.51. The number of alkyl carbamates (subject to hydrolysis) is 1. The van der Waals surface area contributed by atoms with Crippen LogP contribution < -0.4 is 5.32 Å². The summed E-state index contributed by atoms with van der Waals surface area (Å²) < 4.78 is 5.07. The van der Waals surface area contributed by atoms with E-state index in [1.165, 1.54) is 0 Å². The fraction of sp³-hybridized carbons (Fsp3) is 0.450. The summed E-state index contributed by atoms with van der Waals surface area (Å²) in [4.78, 5) is 11.8. The Balaban J connectivity index is 2.08. The number of carbonyl (C=O) groups excluding carboxylic acids is 1. The van der Waals surface area contributed by atoms with Crippen LogP contribution in [-0.4, -0.2) is 27.8 Å². The molecule has 1 aliphatic carbocycles. The summed E-state index contributed by atoms with van der Waals surface area (Å²) in [5.41, 5.74) is 2.22. The molecule has 0 aromatic heterocycles. The standard InChI is InChI=1S/C20H27NO4/c1-14(20(23,24)21-18(22)25-19(2,3)4)15-10-12-17(13-11-15)16-8-6-5-7-9-16/h6,8-14,23-24H,5,7H2,1-4H3,(H,21,22)/t14-/m1/s1. The highest BCUT2D eigenvalue weighted by atomic mass is 16.6. The van der Waals surface area contributed by atoms with Crippen molar-refractivity contribution in [3.8, 4) is 0 Å². The molecule has 0 heterocycles. The van der Waals surface area contributed by atoms with E-state index in [0.717, 1.165) is 24.0 Å². The lowest BCUT2D eigenvalue weighted by Gasteiger charge is -2.31. The van der Waals surface area contributed by atoms with E-state index in [-0.39, 0.29) is 0 Å². The molecular formula is C20H27NO4. The summed E-state index contributed by atoms with van der Waals surface area (Å²) in [6.45, 7) is 6.75. The molecule has 0 saturated heterocycles. The number of rotatable bonds is 4. The van der Waals surface area contributed by atoms with Crippen molar-refractivity contribution in [3.63, 3.8) is 0 Å². The summed E-state index contributed by atoms with van der Waals surface area (Å²) in [5.74, 6) is -3.14. The Morgan fingerprint density at radius 3 is 2.32 bits per heavy atom. The van der Waals surface area contributed by atoms with Crippen LogP contribution >= 0.6 is 0 Å². The molecule has 136 valence electrons. The van der Waals surface area contributed by atoms with Gasteiger partial charge in [-0.2, -0.15) is 0 Å². The lowest BCUT2D eigenvalue weighted by Crippen LogP contribution is -2.53. The van der Waals surface area contributed by atoms with Gasteiger partial charge in [0, 0.05) is 0 Å². The Morgan fingerprint density at radius 2 is 1.80 bits per heavy atom. The zero-order valence-electron chi connectivity index (χ0n) is 15.2. The van der Waals surface area contributed by atoms with Crippen LogP contribution in [0.15, 0.2) is 42.5 Å². The van der Waals surface area contributed by atoms with Crippen molar-refractivity contribution in [3.05, 3.63) is 53.6 Å². The number of ether oxygens (including phenoxy) is 1. The van der Waals surface area contributed by atoms with E-state index in [4.69, 9.17) is 4.74 Å². The summed E-state index contributed by atoms with van der Waals surface area (Å²) >= 11 is 0. The van der Waals surface area contributed by atoms with Crippen LogP contribution in [0.2, 0.25) is 0 Å². The van der Waals surface area contributed by atoms with E-state index in [1.54, 1.807) is 27.7 Å². The Hall–Kier alpha value is -2.11. The monoisotopic (exact) mass is 345 g/mol. The van der Waals surface area contributed by atoms with Crippen molar-refractivity contribution in [1.29, 1.82) is 0 Å². The van der Waals surface area contributed by atoms with Gasteiger partial charge in [0.15, 0.2) is 0 Å². The van der Waals surface area contributed by atoms with Crippen molar-refractivity contribution in [2.75, 3.05) is 0 Å². The minimum absolute atomic E-state index is 0.699. The molecule has 1 aromatic carbocycles. The predicted molar refractivity (Wildman–Crippen MR) is 97.7 cm³/mol. The van der Waals surface area contributed by atoms with Gasteiger partial charge in [-0.3, -0.25) is 5.32 Å². The minimum Gasteiger partial charge on any atom is -0.444 e. The van der Waals surface area contributed by atoms with Gasteiger partial charge in [0.2, 0.25) is 0 Å². The molecule has 5 heteroatoms. The number of nitrogens with one attached hydrogen (secondary N) is 1. The molecule has 1 aliphatic rings. The van der Waals surface area contributed by atoms with E-state index in [9.17, 15) is 15.0 Å². The molecule has 25 heavy (non-hydrogen) atoms. The molecule has 0 radical (unpaired) electrons. The van der Waals surface area contributed by atoms with Crippen LogP contribution in [0.4, 0.5) is 4.79 Å². The first kappa shape index (κ1) is 19.2. The van der Waals surface area contributed by atoms with Gasteiger partial charge in [-0.15, -0.1) is 0 Å². The number of hydrogen-bond donors (Lipinski definition) is 3. The third-order valence-corrected chi connectivity index (χ3v) is 4.03. The van der Waals surface area contributed by atoms with Crippen LogP contribution in [0.5, 0.6) is 0 Å². The maximum atomic E-state index is 11.8. The number of allylic oxidation sites excluding steroid dienone is 4. The number of amides is 1. The largest absolute Gasteiger partial charge is 0.444 e. The number of hydrogen-bond acceptors (Lipinski definition) is 4. The Bertz CT molecular complexity index is 666. The van der Waals surface area contributed by atoms with Crippen LogP contribution in [-0.2, 0) is 4.74 Å². The Kier molecular flexibility index (Phi) is 5.70. The molecule has 0 saturated carbocycles. The molecule has 0 fully saturated rings. The summed E-state index contributed by atoms with van der Waals surface area (Å²) in [6, 6.07) is 7.55. The van der Waals surface area contributed by atoms with Crippen molar-refractivity contribution < 1.29 is 19.7 Å². The van der Waals surface area contributed by atoms with Crippen LogP contribution in [0.1, 0.15) is 57.6 Å². The third kappa shape index (κ3) is 5.44. The Morgan fingerprint density at radius 1 is 1.16 bits per heavy atom. The topological polar surface area (TPSA) is 78.8 Å². The molecule has 0 spiro atoms. The summed E-state index contributed by atoms with van der Waals surface area (Å²) in [6.07, 6.45) is 7.63. The normalized spacial score (nSPS) is 16.2. The van der Waals surface area contributed by atoms with E-state index in [1.807, 2.05) is 24.3 Å². The average molecular weight is 345 g/mol. The lowest BCUT2D eigenvalue weighted by molar-refractivity contribution is -0.194. The van der Waals surface area contributed by atoms with Crippen molar-refractivity contribution >= 4 is 11.7 Å². The fourth-order valence-corrected chi connectivity index (χ4v) is 2.59. The van der Waals surface area contributed by atoms with E-state index in [2.05, 4.69) is 23.5 Å². The van der Waals surface area contributed by atoms with E-state index < -0.39 is 23.5 Å². The molecule has 0 aliphatic heterocycles. The minimum atomic E-state index is -2.41. The predicted octanol–water partition coefficient (Wildman–Crippen LogP) is 3.69. The highest BCUT2D eigenvalue weighted by Gasteiger charge is 2.35. The molecule has 0 unspecified atom stereocenters. The van der Waals surface area contributed by atoms with E-state index in [0.29, 0.717) is 5.56 Å². The summed E-state index contributed by atoms with van der Waals surface area (Å²) in [7, 11) is 0. The molecule has 1 atom stereocenters. The van der Waals surface area contributed by atoms with Crippen LogP contribution in [0, 0.1) is 0 Å². The highest BCUT2D eigenvalue weighted by molar-refractivity contribution is 5.74. The Labute approximate surface area is 149 Å². The smallest absolute Gasteiger partial charge is 0.411 e. The summed E-state index contributed by atoms with van der Waals surface area (Å²) in [5, 5.41) is 22.6. The molecule has 2 rings (SSSR count). The lowest BCUT2D eigenvalue weighted by atomic mass is 9.93. The second kappa shape index (κ2) is 7.42. The third-order valence-electron chi connectivity index (χ3n) is 4.03. The highest BCUT2D eigenvalue weighted by Crippen LogP contribution is 2.27. The van der Waals surface area contributed by atoms with Crippen molar-refractivity contribution in [2.45, 2.75) is 58.0 Å². The zero-order valence-corrected chi connectivity index (χ0v) is 15.2. The van der Waals surface area contributed by atoms with Crippen LogP contribution in [0.3, 0.4) is 0 Å². The van der Waals surface area contributed by atoms with Gasteiger partial charge in [0.1, 0.15) is 5.60 Å². The number of carbonyl (C=O) groups is 1. The average Bonchev–Trinajstić information content (AvgIpc) is 2.53. The molecule has 0 bridgehead atoms. The van der Waals surface area contributed by atoms with E-state index >= 15 is 0 Å². The molecular weight excluding hydrogens is 318 g/mol. The zero-order chi connectivity index (χ0) is 18.7. The van der Waals surface area contributed by atoms with Gasteiger partial charge in [-0.25, -0.2) is 4.79 Å². The maximum absolute atomic E-state index is 11.8. The molecule has 1 aromatic rings. The quantitative estimate of drug-likeness (QED) is 0.727. The fourth-order valence-electron chi connectivity index (χ4n) is 2.59. The number of aliphatic hydroxyl groups is 2. The van der Waals surface area contributed by atoms with Gasteiger partial charge in [0.25, 0.3) is 5.91 Å². The van der Waals surface area contributed by atoms with Gasteiger partial charge < -0.3 is 14.9 Å². The molecule has 3 N–H and O–H groups in total. The van der Waals surface area contributed by atoms with Crippen LogP contribution in [0.25, 0.3) is 5.57 Å². The first-order valence-electron chi connectivity index (χ1n) is 8.51. The molecule has 1 amide bonds. The van der Waals surface area contributed by atoms with Crippen molar-refractivity contribution in [1.82, 2.24) is 5.32 Å². The second-order valence-corrected chi connectivity index (χ2v) is 7.34. The van der Waals surface area contributed by atoms with Gasteiger partial charge >= 0.3 is 6.09 Å².